The molecule has 1 heterocycles. The van der Waals surface area contributed by atoms with Gasteiger partial charge < -0.3 is 10.4 Å². The number of carboxylic acid groups (broad SMARTS) is 1. The average Bonchev–Trinajstić information content (AvgIpc) is 2.41. The van der Waals surface area contributed by atoms with Crippen molar-refractivity contribution in [2.24, 2.45) is 0 Å². The van der Waals surface area contributed by atoms with E-state index < -0.39 is 17.3 Å². The highest BCUT2D eigenvalue weighted by Crippen LogP contribution is 2.20. The summed E-state index contributed by atoms with van der Waals surface area (Å²) in [6.07, 6.45) is 1.20. The van der Waals surface area contributed by atoms with Gasteiger partial charge in [-0.05, 0) is 24.3 Å². The minimum absolute atomic E-state index is 0.199. The topological polar surface area (TPSA) is 86.0 Å². The highest BCUT2D eigenvalue weighted by Gasteiger charge is 2.15. The van der Waals surface area contributed by atoms with Crippen LogP contribution in [0.3, 0.4) is 0 Å². The molecule has 2 rings (SSSR count). The van der Waals surface area contributed by atoms with E-state index >= 15 is 0 Å². The number of halogens is 1. The van der Waals surface area contributed by atoms with Crippen molar-refractivity contribution in [2.75, 3.05) is 5.32 Å². The maximum atomic E-state index is 13.8. The summed E-state index contributed by atoms with van der Waals surface area (Å²) in [5.74, 6) is -2.51. The predicted molar refractivity (Wildman–Crippen MR) is 65.6 cm³/mol. The van der Waals surface area contributed by atoms with E-state index in [9.17, 15) is 9.18 Å². The van der Waals surface area contributed by atoms with E-state index in [1.807, 2.05) is 6.07 Å². The molecule has 2 aromatic rings. The van der Waals surface area contributed by atoms with Crippen molar-refractivity contribution in [1.82, 2.24) is 4.98 Å². The van der Waals surface area contributed by atoms with Crippen LogP contribution >= 0.6 is 0 Å². The number of carboxylic acids is 1. The molecule has 6 heteroatoms. The van der Waals surface area contributed by atoms with Crippen molar-refractivity contribution in [3.8, 4) is 6.07 Å². The van der Waals surface area contributed by atoms with E-state index in [0.717, 1.165) is 6.07 Å². The predicted octanol–water partition coefficient (Wildman–Crippen LogP) is 2.53. The second-order valence-electron chi connectivity index (χ2n) is 3.64. The lowest BCUT2D eigenvalue weighted by Crippen LogP contribution is -2.05. The lowest BCUT2D eigenvalue weighted by Gasteiger charge is -2.08. The average molecular weight is 257 g/mol. The lowest BCUT2D eigenvalue weighted by atomic mass is 10.2. The minimum atomic E-state index is -1.37. The molecule has 0 aliphatic heterocycles. The minimum Gasteiger partial charge on any atom is -0.478 e. The number of benzene rings is 1. The van der Waals surface area contributed by atoms with Crippen LogP contribution < -0.4 is 5.32 Å². The van der Waals surface area contributed by atoms with E-state index in [2.05, 4.69) is 10.3 Å². The second-order valence-corrected chi connectivity index (χ2v) is 3.64. The van der Waals surface area contributed by atoms with Crippen LogP contribution in [0.25, 0.3) is 0 Å². The van der Waals surface area contributed by atoms with Gasteiger partial charge in [-0.1, -0.05) is 6.07 Å². The van der Waals surface area contributed by atoms with Crippen LogP contribution in [0, 0.1) is 17.1 Å². The molecule has 0 radical (unpaired) electrons. The van der Waals surface area contributed by atoms with Crippen molar-refractivity contribution in [2.45, 2.75) is 0 Å². The summed E-state index contributed by atoms with van der Waals surface area (Å²) in [6, 6.07) is 9.38. The highest BCUT2D eigenvalue weighted by molar-refractivity contribution is 5.89. The molecule has 0 aliphatic rings. The zero-order valence-corrected chi connectivity index (χ0v) is 9.59. The molecule has 0 saturated carbocycles. The number of pyridine rings is 1. The summed E-state index contributed by atoms with van der Waals surface area (Å²) >= 11 is 0. The van der Waals surface area contributed by atoms with E-state index in [0.29, 0.717) is 11.3 Å². The first-order valence-corrected chi connectivity index (χ1v) is 5.27. The zero-order valence-electron chi connectivity index (χ0n) is 9.59. The van der Waals surface area contributed by atoms with Gasteiger partial charge in [0.15, 0.2) is 11.6 Å². The summed E-state index contributed by atoms with van der Waals surface area (Å²) < 4.78 is 13.8. The molecule has 0 bridgehead atoms. The molecule has 0 aliphatic carbocycles. The van der Waals surface area contributed by atoms with E-state index in [1.54, 1.807) is 18.2 Å². The van der Waals surface area contributed by atoms with Crippen LogP contribution in [0.1, 0.15) is 15.9 Å². The molecule has 19 heavy (non-hydrogen) atoms. The molecule has 1 aromatic carbocycles. The molecular weight excluding hydrogens is 249 g/mol. The van der Waals surface area contributed by atoms with Gasteiger partial charge in [-0.15, -0.1) is 0 Å². The Hall–Kier alpha value is -2.94. The third-order valence-corrected chi connectivity index (χ3v) is 2.37. The van der Waals surface area contributed by atoms with E-state index in [-0.39, 0.29) is 5.82 Å². The van der Waals surface area contributed by atoms with Crippen LogP contribution in [0.5, 0.6) is 0 Å². The first-order chi connectivity index (χ1) is 9.11. The number of aromatic carboxylic acids is 1. The second kappa shape index (κ2) is 5.14. The largest absolute Gasteiger partial charge is 0.478 e. The van der Waals surface area contributed by atoms with Crippen molar-refractivity contribution in [1.29, 1.82) is 5.26 Å². The van der Waals surface area contributed by atoms with Crippen LogP contribution in [0.15, 0.2) is 36.5 Å². The molecule has 0 atom stereocenters. The van der Waals surface area contributed by atoms with Crippen molar-refractivity contribution in [3.63, 3.8) is 0 Å². The summed E-state index contributed by atoms with van der Waals surface area (Å²) in [5.41, 5.74) is 0.390. The SMILES string of the molecule is N#Cc1cccc(Nc2nccc(C(=O)O)c2F)c1. The van der Waals surface area contributed by atoms with Crippen LogP contribution in [0.2, 0.25) is 0 Å². The number of hydrogen-bond acceptors (Lipinski definition) is 4. The number of aromatic nitrogens is 1. The third-order valence-electron chi connectivity index (χ3n) is 2.37. The van der Waals surface area contributed by atoms with Crippen LogP contribution in [-0.4, -0.2) is 16.1 Å². The first-order valence-electron chi connectivity index (χ1n) is 5.27. The molecule has 2 N–H and O–H groups in total. The van der Waals surface area contributed by atoms with Crippen molar-refractivity contribution in [3.05, 3.63) is 53.5 Å². The molecule has 0 amide bonds. The Kier molecular flexibility index (Phi) is 3.39. The van der Waals surface area contributed by atoms with E-state index in [4.69, 9.17) is 10.4 Å². The molecule has 0 unspecified atom stereocenters. The Bertz CT molecular complexity index is 680. The number of nitrogens with one attached hydrogen (secondary N) is 1. The maximum absolute atomic E-state index is 13.8. The van der Waals surface area contributed by atoms with Crippen LogP contribution in [-0.2, 0) is 0 Å². The Morgan fingerprint density at radius 3 is 2.89 bits per heavy atom. The Morgan fingerprint density at radius 1 is 1.42 bits per heavy atom. The number of anilines is 2. The lowest BCUT2D eigenvalue weighted by molar-refractivity contribution is 0.0692. The number of carbonyl (C=O) groups is 1. The molecule has 0 fully saturated rings. The zero-order chi connectivity index (χ0) is 13.8. The third kappa shape index (κ3) is 2.66. The summed E-state index contributed by atoms with van der Waals surface area (Å²) in [7, 11) is 0. The fourth-order valence-electron chi connectivity index (χ4n) is 1.50. The number of rotatable bonds is 3. The molecular formula is C13H8FN3O2. The van der Waals surface area contributed by atoms with Gasteiger partial charge in [0.2, 0.25) is 0 Å². The molecule has 94 valence electrons. The fourth-order valence-corrected chi connectivity index (χ4v) is 1.50. The summed E-state index contributed by atoms with van der Waals surface area (Å²) in [4.78, 5) is 14.5. The van der Waals surface area contributed by atoms with Crippen molar-refractivity contribution >= 4 is 17.5 Å². The quantitative estimate of drug-likeness (QED) is 0.882. The Balaban J connectivity index is 2.36. The smallest absolute Gasteiger partial charge is 0.338 e. The van der Waals surface area contributed by atoms with Gasteiger partial charge in [-0.3, -0.25) is 0 Å². The monoisotopic (exact) mass is 257 g/mol. The fraction of sp³-hybridized carbons (Fsp3) is 0. The number of hydrogen-bond donors (Lipinski definition) is 2. The molecule has 1 aromatic heterocycles. The van der Waals surface area contributed by atoms with Gasteiger partial charge in [-0.2, -0.15) is 5.26 Å². The summed E-state index contributed by atoms with van der Waals surface area (Å²) in [5, 5.41) is 20.2. The van der Waals surface area contributed by atoms with Crippen LogP contribution in [0.4, 0.5) is 15.9 Å². The van der Waals surface area contributed by atoms with Crippen molar-refractivity contribution < 1.29 is 14.3 Å². The standard InChI is InChI=1S/C13H8FN3O2/c14-11-10(13(18)19)4-5-16-12(11)17-9-3-1-2-8(6-9)7-15/h1-6H,(H,16,17)(H,18,19). The molecule has 0 spiro atoms. The number of nitriles is 1. The van der Waals surface area contributed by atoms with Gasteiger partial charge in [0.25, 0.3) is 0 Å². The van der Waals surface area contributed by atoms with Gasteiger partial charge in [0, 0.05) is 11.9 Å². The Labute approximate surface area is 108 Å². The maximum Gasteiger partial charge on any atom is 0.338 e. The van der Waals surface area contributed by atoms with Gasteiger partial charge in [0.05, 0.1) is 11.6 Å². The van der Waals surface area contributed by atoms with Gasteiger partial charge in [0.1, 0.15) is 5.56 Å². The van der Waals surface area contributed by atoms with Gasteiger partial charge >= 0.3 is 5.97 Å². The Morgan fingerprint density at radius 2 is 2.21 bits per heavy atom. The number of nitrogens with zero attached hydrogens (tertiary/aromatic N) is 2. The molecule has 5 nitrogen and oxygen atoms in total. The molecule has 0 saturated heterocycles. The van der Waals surface area contributed by atoms with E-state index in [1.165, 1.54) is 12.3 Å². The normalized spacial score (nSPS) is 9.68. The highest BCUT2D eigenvalue weighted by atomic mass is 19.1. The first kappa shape index (κ1) is 12.5. The van der Waals surface area contributed by atoms with Gasteiger partial charge in [-0.25, -0.2) is 14.2 Å². The summed E-state index contributed by atoms with van der Waals surface area (Å²) in [6.45, 7) is 0.